The summed E-state index contributed by atoms with van der Waals surface area (Å²) in [6, 6.07) is 7.62. The van der Waals surface area contributed by atoms with Gasteiger partial charge in [0.15, 0.2) is 0 Å². The summed E-state index contributed by atoms with van der Waals surface area (Å²) in [5, 5.41) is 0. The van der Waals surface area contributed by atoms with Crippen molar-refractivity contribution in [2.45, 2.75) is 26.4 Å². The molecule has 1 aromatic carbocycles. The molecule has 0 amide bonds. The van der Waals surface area contributed by atoms with Gasteiger partial charge in [-0.15, -0.1) is 0 Å². The number of hydrogen-bond donors (Lipinski definition) is 0. The maximum Gasteiger partial charge on any atom is 0.264 e. The molecule has 0 heterocycles. The van der Waals surface area contributed by atoms with Gasteiger partial charge in [0.05, 0.1) is 12.9 Å². The smallest absolute Gasteiger partial charge is 0.264 e. The predicted molar refractivity (Wildman–Crippen MR) is 70.0 cm³/mol. The Morgan fingerprint density at radius 3 is 2.65 bits per heavy atom. The molecule has 4 heteroatoms. The van der Waals surface area contributed by atoms with Gasteiger partial charge >= 0.3 is 0 Å². The fraction of sp³-hybridized carbons (Fsp3) is 0.385. The van der Waals surface area contributed by atoms with E-state index < -0.39 is 10.1 Å². The molecule has 0 unspecified atom stereocenters. The van der Waals surface area contributed by atoms with Crippen molar-refractivity contribution in [3.8, 4) is 0 Å². The number of hydrogen-bond acceptors (Lipinski definition) is 3. The van der Waals surface area contributed by atoms with Crippen molar-refractivity contribution in [3.05, 3.63) is 41.5 Å². The van der Waals surface area contributed by atoms with Crippen LogP contribution in [0, 0.1) is 0 Å². The lowest BCUT2D eigenvalue weighted by Gasteiger charge is -2.05. The number of allylic oxidation sites excluding steroid dienone is 1. The van der Waals surface area contributed by atoms with Crippen molar-refractivity contribution in [1.29, 1.82) is 0 Å². The van der Waals surface area contributed by atoms with E-state index >= 15 is 0 Å². The Labute approximate surface area is 103 Å². The van der Waals surface area contributed by atoms with Crippen molar-refractivity contribution in [2.24, 2.45) is 0 Å². The van der Waals surface area contributed by atoms with Crippen LogP contribution in [0.3, 0.4) is 0 Å². The number of unbranched alkanes of at least 4 members (excludes halogenated alkanes) is 1. The summed E-state index contributed by atoms with van der Waals surface area (Å²) >= 11 is 0. The number of rotatable bonds is 6. The zero-order valence-electron chi connectivity index (χ0n) is 10.2. The van der Waals surface area contributed by atoms with Gasteiger partial charge in [0, 0.05) is 0 Å². The number of benzene rings is 1. The molecule has 0 N–H and O–H groups in total. The van der Waals surface area contributed by atoms with Crippen molar-refractivity contribution in [3.63, 3.8) is 0 Å². The van der Waals surface area contributed by atoms with Crippen LogP contribution < -0.4 is 0 Å². The van der Waals surface area contributed by atoms with Crippen molar-refractivity contribution < 1.29 is 12.6 Å². The average molecular weight is 254 g/mol. The molecule has 1 aromatic rings. The Kier molecular flexibility index (Phi) is 5.38. The molecule has 0 saturated carbocycles. The van der Waals surface area contributed by atoms with Crippen LogP contribution in [0.15, 0.2) is 30.3 Å². The molecular weight excluding hydrogens is 236 g/mol. The summed E-state index contributed by atoms with van der Waals surface area (Å²) in [6.45, 7) is 2.20. The van der Waals surface area contributed by atoms with Crippen LogP contribution in [-0.2, 0) is 20.9 Å². The SMILES string of the molecule is CCC/C=C/c1ccccc1COS(C)(=O)=O. The van der Waals surface area contributed by atoms with Gasteiger partial charge in [-0.25, -0.2) is 0 Å². The lowest BCUT2D eigenvalue weighted by molar-refractivity contribution is 0.311. The van der Waals surface area contributed by atoms with Gasteiger partial charge in [0.25, 0.3) is 10.1 Å². The highest BCUT2D eigenvalue weighted by atomic mass is 32.2. The minimum Gasteiger partial charge on any atom is -0.265 e. The van der Waals surface area contributed by atoms with E-state index in [4.69, 9.17) is 4.18 Å². The molecule has 0 atom stereocenters. The van der Waals surface area contributed by atoms with E-state index in [2.05, 4.69) is 13.0 Å². The normalized spacial score (nSPS) is 12.1. The van der Waals surface area contributed by atoms with Gasteiger partial charge in [-0.3, -0.25) is 4.18 Å². The van der Waals surface area contributed by atoms with E-state index in [9.17, 15) is 8.42 Å². The van der Waals surface area contributed by atoms with Crippen LogP contribution in [0.4, 0.5) is 0 Å². The van der Waals surface area contributed by atoms with Crippen LogP contribution in [0.5, 0.6) is 0 Å². The first-order valence-corrected chi connectivity index (χ1v) is 7.43. The van der Waals surface area contributed by atoms with Gasteiger partial charge in [-0.05, 0) is 17.5 Å². The summed E-state index contributed by atoms with van der Waals surface area (Å²) in [6.07, 6.45) is 7.26. The first kappa shape index (κ1) is 13.9. The first-order chi connectivity index (χ1) is 8.03. The van der Waals surface area contributed by atoms with Gasteiger partial charge in [-0.1, -0.05) is 49.8 Å². The quantitative estimate of drug-likeness (QED) is 0.733. The fourth-order valence-corrected chi connectivity index (χ4v) is 1.72. The van der Waals surface area contributed by atoms with Gasteiger partial charge in [0.1, 0.15) is 0 Å². The average Bonchev–Trinajstić information content (AvgIpc) is 2.27. The maximum atomic E-state index is 10.9. The van der Waals surface area contributed by atoms with Crippen LogP contribution in [0.1, 0.15) is 30.9 Å². The second-order valence-electron chi connectivity index (χ2n) is 3.86. The van der Waals surface area contributed by atoms with E-state index in [1.54, 1.807) is 0 Å². The Hall–Kier alpha value is -1.13. The Bertz CT molecular complexity index is 475. The molecule has 0 aliphatic carbocycles. The van der Waals surface area contributed by atoms with Crippen molar-refractivity contribution >= 4 is 16.2 Å². The summed E-state index contributed by atoms with van der Waals surface area (Å²) < 4.78 is 26.7. The van der Waals surface area contributed by atoms with E-state index in [0.717, 1.165) is 30.2 Å². The first-order valence-electron chi connectivity index (χ1n) is 5.62. The van der Waals surface area contributed by atoms with Crippen molar-refractivity contribution in [1.82, 2.24) is 0 Å². The van der Waals surface area contributed by atoms with E-state index in [1.807, 2.05) is 30.3 Å². The highest BCUT2D eigenvalue weighted by Crippen LogP contribution is 2.13. The molecular formula is C13H18O3S. The fourth-order valence-electron chi connectivity index (χ4n) is 1.38. The maximum absolute atomic E-state index is 10.9. The lowest BCUT2D eigenvalue weighted by Crippen LogP contribution is -2.03. The van der Waals surface area contributed by atoms with Crippen LogP contribution in [0.25, 0.3) is 6.08 Å². The highest BCUT2D eigenvalue weighted by molar-refractivity contribution is 7.85. The summed E-state index contributed by atoms with van der Waals surface area (Å²) in [5.74, 6) is 0. The summed E-state index contributed by atoms with van der Waals surface area (Å²) in [5.41, 5.74) is 1.88. The van der Waals surface area contributed by atoms with Crippen LogP contribution >= 0.6 is 0 Å². The molecule has 0 aromatic heterocycles. The zero-order valence-corrected chi connectivity index (χ0v) is 11.0. The molecule has 0 aliphatic rings. The standard InChI is InChI=1S/C13H18O3S/c1-3-4-5-8-12-9-6-7-10-13(12)11-16-17(2,14)15/h5-10H,3-4,11H2,1-2H3/b8-5+. The minimum atomic E-state index is -3.39. The third-order valence-electron chi connectivity index (χ3n) is 2.24. The summed E-state index contributed by atoms with van der Waals surface area (Å²) in [4.78, 5) is 0. The largest absolute Gasteiger partial charge is 0.265 e. The van der Waals surface area contributed by atoms with E-state index in [0.29, 0.717) is 0 Å². The zero-order chi connectivity index (χ0) is 12.7. The Morgan fingerprint density at radius 1 is 1.29 bits per heavy atom. The molecule has 0 bridgehead atoms. The monoisotopic (exact) mass is 254 g/mol. The lowest BCUT2D eigenvalue weighted by atomic mass is 10.1. The molecule has 0 aliphatic heterocycles. The van der Waals surface area contributed by atoms with Crippen LogP contribution in [-0.4, -0.2) is 14.7 Å². The molecule has 0 radical (unpaired) electrons. The molecule has 0 spiro atoms. The molecule has 0 saturated heterocycles. The molecule has 3 nitrogen and oxygen atoms in total. The van der Waals surface area contributed by atoms with E-state index in [-0.39, 0.29) is 6.61 Å². The second-order valence-corrected chi connectivity index (χ2v) is 5.50. The molecule has 17 heavy (non-hydrogen) atoms. The third-order valence-corrected chi connectivity index (χ3v) is 2.78. The molecule has 0 fully saturated rings. The predicted octanol–water partition coefficient (Wildman–Crippen LogP) is 2.98. The van der Waals surface area contributed by atoms with Gasteiger partial charge < -0.3 is 0 Å². The summed E-state index contributed by atoms with van der Waals surface area (Å²) in [7, 11) is -3.39. The van der Waals surface area contributed by atoms with Crippen LogP contribution in [0.2, 0.25) is 0 Å². The Morgan fingerprint density at radius 2 is 2.00 bits per heavy atom. The topological polar surface area (TPSA) is 43.4 Å². The molecule has 1 rings (SSSR count). The van der Waals surface area contributed by atoms with Crippen molar-refractivity contribution in [2.75, 3.05) is 6.26 Å². The van der Waals surface area contributed by atoms with Gasteiger partial charge in [-0.2, -0.15) is 8.42 Å². The third kappa shape index (κ3) is 5.65. The second kappa shape index (κ2) is 6.57. The Balaban J connectivity index is 2.77. The van der Waals surface area contributed by atoms with E-state index in [1.165, 1.54) is 0 Å². The highest BCUT2D eigenvalue weighted by Gasteiger charge is 2.04. The van der Waals surface area contributed by atoms with Gasteiger partial charge in [0.2, 0.25) is 0 Å². The minimum absolute atomic E-state index is 0.0888. The molecule has 94 valence electrons.